The van der Waals surface area contributed by atoms with Gasteiger partial charge in [-0.3, -0.25) is 4.79 Å². The van der Waals surface area contributed by atoms with E-state index in [2.05, 4.69) is 0 Å². The zero-order chi connectivity index (χ0) is 22.3. The highest BCUT2D eigenvalue weighted by Gasteiger charge is 2.44. The van der Waals surface area contributed by atoms with Crippen molar-refractivity contribution in [3.63, 3.8) is 0 Å². The van der Waals surface area contributed by atoms with Gasteiger partial charge >= 0.3 is 7.12 Å². The lowest BCUT2D eigenvalue weighted by molar-refractivity contribution is -0.137. The van der Waals surface area contributed by atoms with Crippen LogP contribution in [-0.4, -0.2) is 87.0 Å². The van der Waals surface area contributed by atoms with Crippen LogP contribution in [0.25, 0.3) is 0 Å². The molecule has 2 fully saturated rings. The maximum atomic E-state index is 13.0. The van der Waals surface area contributed by atoms with Crippen molar-refractivity contribution in [1.29, 1.82) is 0 Å². The van der Waals surface area contributed by atoms with Gasteiger partial charge in [-0.1, -0.05) is 0 Å². The summed E-state index contributed by atoms with van der Waals surface area (Å²) in [7, 11) is -9.07. The Balaban J connectivity index is 1.81. The molecule has 2 saturated heterocycles. The van der Waals surface area contributed by atoms with Crippen molar-refractivity contribution in [1.82, 2.24) is 9.21 Å². The summed E-state index contributed by atoms with van der Waals surface area (Å²) < 4.78 is 50.5. The number of piperidine rings is 1. The number of carbonyl (C=O) groups excluding carboxylic acids is 1. The number of sulfone groups is 1. The molecule has 0 bridgehead atoms. The highest BCUT2D eigenvalue weighted by Crippen LogP contribution is 2.28. The summed E-state index contributed by atoms with van der Waals surface area (Å²) in [6.45, 7) is 0.373. The summed E-state index contributed by atoms with van der Waals surface area (Å²) in [6.07, 6.45) is 2.40. The molecule has 1 aromatic carbocycles. The average molecular weight is 459 g/mol. The van der Waals surface area contributed by atoms with E-state index in [1.807, 2.05) is 0 Å². The van der Waals surface area contributed by atoms with E-state index in [9.17, 15) is 31.7 Å². The Bertz CT molecular complexity index is 999. The molecule has 0 aromatic heterocycles. The maximum Gasteiger partial charge on any atom is 0.475 e. The van der Waals surface area contributed by atoms with Gasteiger partial charge in [0.1, 0.15) is 0 Å². The fourth-order valence-electron chi connectivity index (χ4n) is 4.02. The Morgan fingerprint density at radius 1 is 1.07 bits per heavy atom. The van der Waals surface area contributed by atoms with Gasteiger partial charge in [0.2, 0.25) is 15.9 Å². The number of nitrogens with two attached hydrogens (primary N) is 1. The van der Waals surface area contributed by atoms with Crippen LogP contribution in [-0.2, 0) is 24.7 Å². The first-order valence-corrected chi connectivity index (χ1v) is 13.0. The molecule has 0 radical (unpaired) electrons. The fraction of sp³-hybridized carbons (Fsp3) is 0.588. The molecular formula is C17H26BN3O7S2. The van der Waals surface area contributed by atoms with Gasteiger partial charge in [-0.05, 0) is 43.5 Å². The zero-order valence-electron chi connectivity index (χ0n) is 16.6. The van der Waals surface area contributed by atoms with Gasteiger partial charge in [0.05, 0.1) is 21.7 Å². The number of carbonyl (C=O) groups is 1. The third-order valence-electron chi connectivity index (χ3n) is 5.76. The van der Waals surface area contributed by atoms with E-state index >= 15 is 0 Å². The third kappa shape index (κ3) is 4.55. The summed E-state index contributed by atoms with van der Waals surface area (Å²) >= 11 is 0. The van der Waals surface area contributed by atoms with E-state index in [1.54, 1.807) is 0 Å². The van der Waals surface area contributed by atoms with Crippen LogP contribution in [0.3, 0.4) is 0 Å². The molecule has 0 saturated carbocycles. The van der Waals surface area contributed by atoms with Crippen molar-refractivity contribution < 1.29 is 31.7 Å². The molecule has 10 nitrogen and oxygen atoms in total. The minimum Gasteiger partial charge on any atom is -0.426 e. The van der Waals surface area contributed by atoms with E-state index in [1.165, 1.54) is 33.5 Å². The Labute approximate surface area is 176 Å². The lowest BCUT2D eigenvalue weighted by Gasteiger charge is -2.38. The smallest absolute Gasteiger partial charge is 0.426 e. The Morgan fingerprint density at radius 3 is 2.23 bits per heavy atom. The summed E-state index contributed by atoms with van der Waals surface area (Å²) in [4.78, 5) is 14.4. The van der Waals surface area contributed by atoms with E-state index in [-0.39, 0.29) is 35.2 Å². The topological polar surface area (TPSA) is 158 Å². The molecule has 13 heteroatoms. The summed E-state index contributed by atoms with van der Waals surface area (Å²) in [5.41, 5.74) is 6.12. The van der Waals surface area contributed by atoms with Crippen LogP contribution < -0.4 is 5.73 Å². The van der Waals surface area contributed by atoms with Crippen LogP contribution in [0.4, 0.5) is 0 Å². The molecule has 0 spiro atoms. The molecule has 3 atom stereocenters. The number of rotatable bonds is 5. The first-order valence-electron chi connectivity index (χ1n) is 9.65. The third-order valence-corrected chi connectivity index (χ3v) is 8.77. The quantitative estimate of drug-likeness (QED) is 0.446. The summed E-state index contributed by atoms with van der Waals surface area (Å²) in [5.74, 6) is -1.91. The molecule has 0 aliphatic carbocycles. The van der Waals surface area contributed by atoms with Crippen LogP contribution in [0.5, 0.6) is 0 Å². The van der Waals surface area contributed by atoms with E-state index in [0.717, 1.165) is 6.26 Å². The van der Waals surface area contributed by atoms with Gasteiger partial charge in [-0.2, -0.15) is 4.31 Å². The highest BCUT2D eigenvalue weighted by atomic mass is 32.2. The van der Waals surface area contributed by atoms with Gasteiger partial charge < -0.3 is 20.7 Å². The number of amides is 1. The SMILES string of the molecule is CS(=O)(=O)c1ccc(S(=O)(=O)N2CC[C@@H](N)[C@H](C(=O)N3CCC[C@H]3B(O)O)C2)cc1. The van der Waals surface area contributed by atoms with E-state index in [4.69, 9.17) is 5.73 Å². The van der Waals surface area contributed by atoms with Crippen LogP contribution in [0.15, 0.2) is 34.1 Å². The fourth-order valence-corrected chi connectivity index (χ4v) is 6.13. The van der Waals surface area contributed by atoms with Gasteiger partial charge in [-0.25, -0.2) is 16.8 Å². The number of benzene rings is 1. The van der Waals surface area contributed by atoms with Crippen molar-refractivity contribution in [3.8, 4) is 0 Å². The second-order valence-electron chi connectivity index (χ2n) is 7.82. The molecule has 2 aliphatic rings. The minimum absolute atomic E-state index is 0.0119. The first kappa shape index (κ1) is 23.2. The predicted octanol–water partition coefficient (Wildman–Crippen LogP) is -1.57. The zero-order valence-corrected chi connectivity index (χ0v) is 18.2. The standard InChI is InChI=1S/C17H26BN3O7S2/c1-29(25,26)12-4-6-13(7-5-12)30(27,28)20-10-8-15(19)14(11-20)17(22)21-9-2-3-16(21)18(23)24/h4-7,14-16,23-24H,2-3,8-11,19H2,1H3/t14-,15-,16+/m1/s1. The molecular weight excluding hydrogens is 433 g/mol. The van der Waals surface area contributed by atoms with Crippen molar-refractivity contribution in [2.24, 2.45) is 11.7 Å². The number of hydrogen-bond acceptors (Lipinski definition) is 8. The number of hydrogen-bond donors (Lipinski definition) is 3. The Morgan fingerprint density at radius 2 is 1.67 bits per heavy atom. The second-order valence-corrected chi connectivity index (χ2v) is 11.8. The van der Waals surface area contributed by atoms with Crippen molar-refractivity contribution in [2.75, 3.05) is 25.9 Å². The van der Waals surface area contributed by atoms with Crippen LogP contribution in [0, 0.1) is 5.92 Å². The lowest BCUT2D eigenvalue weighted by Crippen LogP contribution is -2.57. The Kier molecular flexibility index (Phi) is 6.61. The van der Waals surface area contributed by atoms with Gasteiger partial charge in [0.25, 0.3) is 0 Å². The van der Waals surface area contributed by atoms with Gasteiger partial charge in [0.15, 0.2) is 9.84 Å². The molecule has 4 N–H and O–H groups in total. The van der Waals surface area contributed by atoms with Gasteiger partial charge in [-0.15, -0.1) is 0 Å². The number of sulfonamides is 1. The lowest BCUT2D eigenvalue weighted by atomic mass is 9.77. The highest BCUT2D eigenvalue weighted by molar-refractivity contribution is 7.90. The van der Waals surface area contributed by atoms with E-state index in [0.29, 0.717) is 19.4 Å². The van der Waals surface area contributed by atoms with E-state index < -0.39 is 44.9 Å². The number of nitrogens with zero attached hydrogens (tertiary/aromatic N) is 2. The Hall–Kier alpha value is -1.51. The first-order chi connectivity index (χ1) is 13.9. The largest absolute Gasteiger partial charge is 0.475 e. The van der Waals surface area contributed by atoms with Crippen molar-refractivity contribution in [3.05, 3.63) is 24.3 Å². The molecule has 3 rings (SSSR count). The predicted molar refractivity (Wildman–Crippen MR) is 109 cm³/mol. The molecule has 1 aromatic rings. The normalized spacial score (nSPS) is 26.0. The summed E-state index contributed by atoms with van der Waals surface area (Å²) in [6, 6.07) is 4.38. The van der Waals surface area contributed by atoms with Crippen molar-refractivity contribution in [2.45, 2.75) is 41.0 Å². The molecule has 30 heavy (non-hydrogen) atoms. The van der Waals surface area contributed by atoms with Gasteiger partial charge in [0, 0.05) is 31.9 Å². The molecule has 1 amide bonds. The average Bonchev–Trinajstić information content (AvgIpc) is 3.17. The number of likely N-dealkylation sites (tertiary alicyclic amines) is 1. The molecule has 2 aliphatic heterocycles. The minimum atomic E-state index is -3.95. The van der Waals surface area contributed by atoms with Crippen LogP contribution >= 0.6 is 0 Å². The monoisotopic (exact) mass is 459 g/mol. The second kappa shape index (κ2) is 8.56. The molecule has 0 unspecified atom stereocenters. The van der Waals surface area contributed by atoms with Crippen molar-refractivity contribution >= 4 is 32.9 Å². The molecule has 166 valence electrons. The molecule has 2 heterocycles. The maximum absolute atomic E-state index is 13.0. The summed E-state index contributed by atoms with van der Waals surface area (Å²) in [5, 5.41) is 19.1. The van der Waals surface area contributed by atoms with Crippen LogP contribution in [0.2, 0.25) is 0 Å². The van der Waals surface area contributed by atoms with Crippen LogP contribution in [0.1, 0.15) is 19.3 Å².